The van der Waals surface area contributed by atoms with Crippen LogP contribution in [-0.4, -0.2) is 28.1 Å². The summed E-state index contributed by atoms with van der Waals surface area (Å²) >= 11 is 0. The van der Waals surface area contributed by atoms with Gasteiger partial charge in [-0.1, -0.05) is 0 Å². The summed E-state index contributed by atoms with van der Waals surface area (Å²) in [5.74, 6) is 0.715. The largest absolute Gasteiger partial charge is 0.481 e. The number of rotatable bonds is 3. The lowest BCUT2D eigenvalue weighted by atomic mass is 10.1. The molecule has 1 aromatic rings. The third-order valence-electron chi connectivity index (χ3n) is 2.44. The average molecular weight is 210 g/mol. The van der Waals surface area contributed by atoms with Crippen molar-refractivity contribution in [2.24, 2.45) is 7.05 Å². The molecular weight excluding hydrogens is 192 g/mol. The Hall–Kier alpha value is -1.29. The summed E-state index contributed by atoms with van der Waals surface area (Å²) in [5, 5.41) is 13.7. The van der Waals surface area contributed by atoms with Gasteiger partial charge in [-0.15, -0.1) is 0 Å². The molecule has 4 heteroatoms. The van der Waals surface area contributed by atoms with Crippen LogP contribution in [0.1, 0.15) is 25.1 Å². The minimum atomic E-state index is -0.450. The Kier molecular flexibility index (Phi) is 3.52. The highest BCUT2D eigenvalue weighted by Gasteiger charge is 2.12. The van der Waals surface area contributed by atoms with E-state index in [1.807, 2.05) is 27.0 Å². The fourth-order valence-corrected chi connectivity index (χ4v) is 1.41. The molecule has 0 bridgehead atoms. The van der Waals surface area contributed by atoms with E-state index in [4.69, 9.17) is 4.74 Å². The molecule has 0 aliphatic carbocycles. The lowest BCUT2D eigenvalue weighted by molar-refractivity contribution is 0.232. The fourth-order valence-electron chi connectivity index (χ4n) is 1.41. The molecule has 4 nitrogen and oxygen atoms in total. The molecule has 1 N–H and O–H groups in total. The fraction of sp³-hybridized carbons (Fsp3) is 0.545. The first-order chi connectivity index (χ1) is 6.97. The highest BCUT2D eigenvalue weighted by Crippen LogP contribution is 2.24. The van der Waals surface area contributed by atoms with Gasteiger partial charge >= 0.3 is 0 Å². The number of hydrogen-bond donors (Lipinski definition) is 1. The van der Waals surface area contributed by atoms with Crippen molar-refractivity contribution in [2.75, 3.05) is 7.11 Å². The van der Waals surface area contributed by atoms with E-state index in [-0.39, 0.29) is 0 Å². The summed E-state index contributed by atoms with van der Waals surface area (Å²) in [5.41, 5.74) is 2.72. The Morgan fingerprint density at radius 1 is 1.60 bits per heavy atom. The molecular formula is C11H18N2O2. The van der Waals surface area contributed by atoms with Crippen LogP contribution in [0.15, 0.2) is 5.57 Å². The number of hydrogen-bond acceptors (Lipinski definition) is 3. The topological polar surface area (TPSA) is 47.3 Å². The van der Waals surface area contributed by atoms with Gasteiger partial charge in [0.05, 0.1) is 24.5 Å². The van der Waals surface area contributed by atoms with E-state index in [1.165, 1.54) is 0 Å². The summed E-state index contributed by atoms with van der Waals surface area (Å²) in [4.78, 5) is 0. The zero-order chi connectivity index (χ0) is 11.6. The maximum atomic E-state index is 9.41. The van der Waals surface area contributed by atoms with Crippen molar-refractivity contribution >= 4 is 6.08 Å². The Balaban J connectivity index is 3.19. The number of aromatic nitrogens is 2. The normalized spacial score (nSPS) is 14.1. The molecule has 0 aromatic carbocycles. The minimum absolute atomic E-state index is 0.450. The maximum absolute atomic E-state index is 9.41. The molecule has 1 rings (SSSR count). The van der Waals surface area contributed by atoms with E-state index >= 15 is 0 Å². The Morgan fingerprint density at radius 2 is 2.20 bits per heavy atom. The van der Waals surface area contributed by atoms with Gasteiger partial charge in [0, 0.05) is 7.05 Å². The van der Waals surface area contributed by atoms with Crippen molar-refractivity contribution in [1.29, 1.82) is 0 Å². The molecule has 84 valence electrons. The van der Waals surface area contributed by atoms with Crippen LogP contribution in [0, 0.1) is 6.92 Å². The molecule has 15 heavy (non-hydrogen) atoms. The zero-order valence-corrected chi connectivity index (χ0v) is 9.90. The molecule has 0 saturated heterocycles. The highest BCUT2D eigenvalue weighted by atomic mass is 16.5. The van der Waals surface area contributed by atoms with Gasteiger partial charge in [-0.2, -0.15) is 5.10 Å². The van der Waals surface area contributed by atoms with Crippen molar-refractivity contribution in [3.05, 3.63) is 16.8 Å². The summed E-state index contributed by atoms with van der Waals surface area (Å²) in [6, 6.07) is 0. The van der Waals surface area contributed by atoms with Crippen molar-refractivity contribution in [2.45, 2.75) is 26.9 Å². The Labute approximate surface area is 90.2 Å². The van der Waals surface area contributed by atoms with E-state index in [9.17, 15) is 5.11 Å². The number of ether oxygens (including phenoxy) is 1. The summed E-state index contributed by atoms with van der Waals surface area (Å²) in [6.07, 6.45) is 1.46. The molecule has 0 saturated carbocycles. The van der Waals surface area contributed by atoms with Gasteiger partial charge in [-0.25, -0.2) is 4.68 Å². The molecule has 1 atom stereocenters. The van der Waals surface area contributed by atoms with E-state index < -0.39 is 6.10 Å². The van der Waals surface area contributed by atoms with Crippen molar-refractivity contribution < 1.29 is 9.84 Å². The molecule has 1 unspecified atom stereocenters. The second-order valence-electron chi connectivity index (χ2n) is 3.70. The molecule has 0 aliphatic heterocycles. The van der Waals surface area contributed by atoms with Crippen LogP contribution in [0.2, 0.25) is 0 Å². The summed E-state index contributed by atoms with van der Waals surface area (Å²) in [7, 11) is 3.45. The lowest BCUT2D eigenvalue weighted by Crippen LogP contribution is -2.01. The van der Waals surface area contributed by atoms with E-state index in [0.29, 0.717) is 5.88 Å². The third kappa shape index (κ3) is 2.39. The quantitative estimate of drug-likeness (QED) is 0.822. The first-order valence-electron chi connectivity index (χ1n) is 4.91. The smallest absolute Gasteiger partial charge is 0.218 e. The molecule has 0 spiro atoms. The standard InChI is InChI=1S/C11H18N2O2/c1-7(9(3)14)6-10-8(2)12-13(4)11(10)15-5/h6,9,14H,1-5H3/b7-6-. The van der Waals surface area contributed by atoms with Gasteiger partial charge in [0.15, 0.2) is 0 Å². The molecule has 0 fully saturated rings. The SMILES string of the molecule is COc1c(/C=C(/C)C(C)O)c(C)nn1C. The van der Waals surface area contributed by atoms with Crippen LogP contribution in [-0.2, 0) is 7.05 Å². The second kappa shape index (κ2) is 4.49. The first kappa shape index (κ1) is 11.8. The molecule has 0 radical (unpaired) electrons. The second-order valence-corrected chi connectivity index (χ2v) is 3.70. The van der Waals surface area contributed by atoms with Gasteiger partial charge in [-0.05, 0) is 32.4 Å². The first-order valence-corrected chi connectivity index (χ1v) is 4.91. The van der Waals surface area contributed by atoms with E-state index in [1.54, 1.807) is 18.7 Å². The predicted molar refractivity (Wildman–Crippen MR) is 59.8 cm³/mol. The Bertz CT molecular complexity index is 378. The summed E-state index contributed by atoms with van der Waals surface area (Å²) < 4.78 is 6.94. The third-order valence-corrected chi connectivity index (χ3v) is 2.44. The number of nitrogens with zero attached hydrogens (tertiary/aromatic N) is 2. The highest BCUT2D eigenvalue weighted by molar-refractivity contribution is 5.60. The molecule has 1 aromatic heterocycles. The Morgan fingerprint density at radius 3 is 2.67 bits per heavy atom. The van der Waals surface area contributed by atoms with Crippen LogP contribution < -0.4 is 4.74 Å². The van der Waals surface area contributed by atoms with Crippen molar-refractivity contribution in [3.63, 3.8) is 0 Å². The summed E-state index contributed by atoms with van der Waals surface area (Å²) in [6.45, 7) is 5.55. The number of aryl methyl sites for hydroxylation is 2. The van der Waals surface area contributed by atoms with Gasteiger partial charge in [-0.3, -0.25) is 0 Å². The maximum Gasteiger partial charge on any atom is 0.218 e. The van der Waals surface area contributed by atoms with Crippen LogP contribution in [0.3, 0.4) is 0 Å². The minimum Gasteiger partial charge on any atom is -0.481 e. The van der Waals surface area contributed by atoms with Crippen LogP contribution in [0.4, 0.5) is 0 Å². The monoisotopic (exact) mass is 210 g/mol. The van der Waals surface area contributed by atoms with Crippen LogP contribution >= 0.6 is 0 Å². The van der Waals surface area contributed by atoms with Crippen LogP contribution in [0.25, 0.3) is 6.08 Å². The van der Waals surface area contributed by atoms with Gasteiger partial charge < -0.3 is 9.84 Å². The zero-order valence-electron chi connectivity index (χ0n) is 9.90. The van der Waals surface area contributed by atoms with Gasteiger partial charge in [0.2, 0.25) is 5.88 Å². The average Bonchev–Trinajstić information content (AvgIpc) is 2.41. The van der Waals surface area contributed by atoms with Crippen molar-refractivity contribution in [1.82, 2.24) is 9.78 Å². The molecule has 0 amide bonds. The van der Waals surface area contributed by atoms with Crippen molar-refractivity contribution in [3.8, 4) is 5.88 Å². The number of aliphatic hydroxyl groups excluding tert-OH is 1. The van der Waals surface area contributed by atoms with E-state index in [0.717, 1.165) is 16.8 Å². The number of aliphatic hydroxyl groups is 1. The van der Waals surface area contributed by atoms with E-state index in [2.05, 4.69) is 5.10 Å². The van der Waals surface area contributed by atoms with Crippen LogP contribution in [0.5, 0.6) is 5.88 Å². The predicted octanol–water partition coefficient (Wildman–Crippen LogP) is 1.52. The number of methoxy groups -OCH3 is 1. The molecule has 1 heterocycles. The van der Waals surface area contributed by atoms with Gasteiger partial charge in [0.1, 0.15) is 0 Å². The molecule has 0 aliphatic rings. The van der Waals surface area contributed by atoms with Gasteiger partial charge in [0.25, 0.3) is 0 Å². The lowest BCUT2D eigenvalue weighted by Gasteiger charge is -2.05.